The van der Waals surface area contributed by atoms with Crippen molar-refractivity contribution in [3.05, 3.63) is 35.5 Å². The molecule has 0 saturated carbocycles. The van der Waals surface area contributed by atoms with Crippen molar-refractivity contribution in [2.45, 2.75) is 31.8 Å². The number of hydrogen-bond acceptors (Lipinski definition) is 4. The first-order valence-electron chi connectivity index (χ1n) is 6.05. The zero-order valence-corrected chi connectivity index (χ0v) is 10.3. The van der Waals surface area contributed by atoms with E-state index in [1.165, 1.54) is 7.11 Å². The fourth-order valence-corrected chi connectivity index (χ4v) is 2.15. The zero-order chi connectivity index (χ0) is 13.0. The van der Waals surface area contributed by atoms with Crippen LogP contribution in [0.4, 0.5) is 0 Å². The van der Waals surface area contributed by atoms with Crippen LogP contribution < -0.4 is 0 Å². The maximum atomic E-state index is 11.6. The lowest BCUT2D eigenvalue weighted by atomic mass is 9.95. The van der Waals surface area contributed by atoms with Crippen LogP contribution in [0.1, 0.15) is 25.7 Å². The SMILES string of the molecule is COC(=O)C1=CC=CC=C(C2CCCC(=O)O2)C1. The number of hydrogen-bond donors (Lipinski definition) is 0. The molecule has 4 heteroatoms. The van der Waals surface area contributed by atoms with Crippen LogP contribution >= 0.6 is 0 Å². The standard InChI is InChI=1S/C14H16O4/c1-17-14(16)11-6-3-2-5-10(9-11)12-7-4-8-13(15)18-12/h2-3,5-6,12H,4,7-9H2,1H3. The quantitative estimate of drug-likeness (QED) is 0.702. The van der Waals surface area contributed by atoms with Crippen molar-refractivity contribution in [3.8, 4) is 0 Å². The van der Waals surface area contributed by atoms with Crippen molar-refractivity contribution in [3.63, 3.8) is 0 Å². The predicted octanol–water partition coefficient (Wildman–Crippen LogP) is 2.07. The number of carbonyl (C=O) groups is 2. The van der Waals surface area contributed by atoms with Crippen molar-refractivity contribution in [2.75, 3.05) is 7.11 Å². The normalized spacial score (nSPS) is 23.6. The Balaban J connectivity index is 2.12. The van der Waals surface area contributed by atoms with Crippen LogP contribution in [0.2, 0.25) is 0 Å². The lowest BCUT2D eigenvalue weighted by molar-refractivity contribution is -0.151. The summed E-state index contributed by atoms with van der Waals surface area (Å²) in [6.45, 7) is 0. The smallest absolute Gasteiger partial charge is 0.334 e. The highest BCUT2D eigenvalue weighted by atomic mass is 16.5. The van der Waals surface area contributed by atoms with Gasteiger partial charge in [-0.1, -0.05) is 24.3 Å². The number of allylic oxidation sites excluding steroid dienone is 4. The third-order valence-electron chi connectivity index (χ3n) is 3.10. The van der Waals surface area contributed by atoms with Crippen molar-refractivity contribution in [2.24, 2.45) is 0 Å². The van der Waals surface area contributed by atoms with Gasteiger partial charge in [0, 0.05) is 18.4 Å². The van der Waals surface area contributed by atoms with Crippen molar-refractivity contribution in [1.82, 2.24) is 0 Å². The Bertz CT molecular complexity index is 443. The molecule has 2 rings (SSSR count). The van der Waals surface area contributed by atoms with Crippen LogP contribution in [0.3, 0.4) is 0 Å². The Labute approximate surface area is 106 Å². The monoisotopic (exact) mass is 248 g/mol. The molecule has 0 aromatic rings. The summed E-state index contributed by atoms with van der Waals surface area (Å²) in [6.07, 6.45) is 9.70. The van der Waals surface area contributed by atoms with Gasteiger partial charge in [-0.25, -0.2) is 4.79 Å². The van der Waals surface area contributed by atoms with E-state index in [2.05, 4.69) is 0 Å². The Hall–Kier alpha value is -1.84. The molecule has 0 aromatic carbocycles. The molecule has 0 amide bonds. The fraction of sp³-hybridized carbons (Fsp3) is 0.429. The summed E-state index contributed by atoms with van der Waals surface area (Å²) in [5, 5.41) is 0. The van der Waals surface area contributed by atoms with Gasteiger partial charge in [-0.05, 0) is 18.4 Å². The molecule has 1 saturated heterocycles. The molecule has 1 fully saturated rings. The molecule has 1 aliphatic carbocycles. The summed E-state index contributed by atoms with van der Waals surface area (Å²) >= 11 is 0. The Morgan fingerprint density at radius 3 is 2.89 bits per heavy atom. The minimum Gasteiger partial charge on any atom is -0.466 e. The summed E-state index contributed by atoms with van der Waals surface area (Å²) in [5.74, 6) is -0.501. The van der Waals surface area contributed by atoms with E-state index >= 15 is 0 Å². The van der Waals surface area contributed by atoms with Gasteiger partial charge in [0.1, 0.15) is 6.10 Å². The second-order valence-corrected chi connectivity index (χ2v) is 4.36. The highest BCUT2D eigenvalue weighted by Crippen LogP contribution is 2.27. The maximum absolute atomic E-state index is 11.6. The van der Waals surface area contributed by atoms with E-state index < -0.39 is 0 Å². The summed E-state index contributed by atoms with van der Waals surface area (Å²) in [6, 6.07) is 0. The number of esters is 2. The molecule has 0 aromatic heterocycles. The topological polar surface area (TPSA) is 52.6 Å². The van der Waals surface area contributed by atoms with E-state index in [-0.39, 0.29) is 18.0 Å². The minimum absolute atomic E-state index is 0.163. The van der Waals surface area contributed by atoms with Crippen LogP contribution in [-0.2, 0) is 19.1 Å². The van der Waals surface area contributed by atoms with Crippen LogP contribution in [0, 0.1) is 0 Å². The van der Waals surface area contributed by atoms with Crippen LogP contribution in [0.5, 0.6) is 0 Å². The van der Waals surface area contributed by atoms with Crippen LogP contribution in [-0.4, -0.2) is 25.2 Å². The highest BCUT2D eigenvalue weighted by molar-refractivity contribution is 5.89. The van der Waals surface area contributed by atoms with Gasteiger partial charge in [0.05, 0.1) is 7.11 Å². The molecule has 0 N–H and O–H groups in total. The van der Waals surface area contributed by atoms with Gasteiger partial charge in [0.15, 0.2) is 0 Å². The van der Waals surface area contributed by atoms with E-state index in [0.29, 0.717) is 18.4 Å². The summed E-state index contributed by atoms with van der Waals surface area (Å²) < 4.78 is 10.0. The van der Waals surface area contributed by atoms with E-state index in [0.717, 1.165) is 18.4 Å². The molecule has 1 atom stereocenters. The van der Waals surface area contributed by atoms with E-state index in [1.54, 1.807) is 12.2 Å². The minimum atomic E-state index is -0.338. The maximum Gasteiger partial charge on any atom is 0.334 e. The lowest BCUT2D eigenvalue weighted by Gasteiger charge is -2.24. The third kappa shape index (κ3) is 2.88. The second kappa shape index (κ2) is 5.67. The van der Waals surface area contributed by atoms with Gasteiger partial charge in [-0.15, -0.1) is 0 Å². The lowest BCUT2D eigenvalue weighted by Crippen LogP contribution is -2.26. The van der Waals surface area contributed by atoms with Gasteiger partial charge < -0.3 is 9.47 Å². The molecule has 96 valence electrons. The average Bonchev–Trinajstić information content (AvgIpc) is 2.63. The van der Waals surface area contributed by atoms with Crippen LogP contribution in [0.25, 0.3) is 0 Å². The number of ether oxygens (including phenoxy) is 2. The molecule has 1 heterocycles. The Kier molecular flexibility index (Phi) is 3.97. The van der Waals surface area contributed by atoms with Crippen molar-refractivity contribution >= 4 is 11.9 Å². The molecule has 1 unspecified atom stereocenters. The molecule has 4 nitrogen and oxygen atoms in total. The number of cyclic esters (lactones) is 1. The molecule has 18 heavy (non-hydrogen) atoms. The largest absolute Gasteiger partial charge is 0.466 e. The summed E-state index contributed by atoms with van der Waals surface area (Å²) in [5.41, 5.74) is 1.53. The number of carbonyl (C=O) groups excluding carboxylic acids is 2. The van der Waals surface area contributed by atoms with Gasteiger partial charge in [-0.2, -0.15) is 0 Å². The van der Waals surface area contributed by atoms with E-state index in [1.807, 2.05) is 12.2 Å². The first-order chi connectivity index (χ1) is 8.70. The predicted molar refractivity (Wildman–Crippen MR) is 65.7 cm³/mol. The summed E-state index contributed by atoms with van der Waals surface area (Å²) in [4.78, 5) is 22.9. The van der Waals surface area contributed by atoms with Gasteiger partial charge in [-0.3, -0.25) is 4.79 Å². The third-order valence-corrected chi connectivity index (χ3v) is 3.10. The van der Waals surface area contributed by atoms with E-state index in [4.69, 9.17) is 9.47 Å². The van der Waals surface area contributed by atoms with E-state index in [9.17, 15) is 9.59 Å². The molecule has 1 aliphatic heterocycles. The fourth-order valence-electron chi connectivity index (χ4n) is 2.15. The number of methoxy groups -OCH3 is 1. The Morgan fingerprint density at radius 2 is 2.17 bits per heavy atom. The molecule has 2 aliphatic rings. The molecule has 0 spiro atoms. The molecular weight excluding hydrogens is 232 g/mol. The van der Waals surface area contributed by atoms with Gasteiger partial charge in [0.25, 0.3) is 0 Å². The molecule has 0 radical (unpaired) electrons. The van der Waals surface area contributed by atoms with Gasteiger partial charge in [0.2, 0.25) is 0 Å². The average molecular weight is 248 g/mol. The first kappa shape index (κ1) is 12.6. The number of rotatable bonds is 2. The van der Waals surface area contributed by atoms with Crippen molar-refractivity contribution < 1.29 is 19.1 Å². The van der Waals surface area contributed by atoms with Crippen LogP contribution in [0.15, 0.2) is 35.5 Å². The zero-order valence-electron chi connectivity index (χ0n) is 10.3. The highest BCUT2D eigenvalue weighted by Gasteiger charge is 2.25. The first-order valence-corrected chi connectivity index (χ1v) is 6.05. The Morgan fingerprint density at radius 1 is 1.39 bits per heavy atom. The van der Waals surface area contributed by atoms with Crippen molar-refractivity contribution in [1.29, 1.82) is 0 Å². The molecule has 0 bridgehead atoms. The second-order valence-electron chi connectivity index (χ2n) is 4.36. The summed E-state index contributed by atoms with van der Waals surface area (Å²) in [7, 11) is 1.36. The molecular formula is C14H16O4. The van der Waals surface area contributed by atoms with Gasteiger partial charge >= 0.3 is 11.9 Å².